The van der Waals surface area contributed by atoms with Gasteiger partial charge in [0.15, 0.2) is 6.23 Å². The molecule has 0 aliphatic carbocycles. The van der Waals surface area contributed by atoms with Crippen molar-refractivity contribution in [2.75, 3.05) is 12.9 Å². The smallest absolute Gasteiger partial charge is 0.250 e. The third-order valence-corrected chi connectivity index (χ3v) is 12.3. The number of rotatable bonds is 6. The number of benzene rings is 1. The third-order valence-electron chi connectivity index (χ3n) is 6.91. The van der Waals surface area contributed by atoms with Crippen LogP contribution in [0.1, 0.15) is 57.5 Å². The molecule has 7 nitrogen and oxygen atoms in total. The van der Waals surface area contributed by atoms with Crippen LogP contribution < -0.4 is 4.43 Å². The normalized spacial score (nSPS) is 19.2. The molecule has 0 bridgehead atoms. The van der Waals surface area contributed by atoms with E-state index in [4.69, 9.17) is 19.0 Å². The van der Waals surface area contributed by atoms with Gasteiger partial charge >= 0.3 is 0 Å². The first kappa shape index (κ1) is 25.6. The lowest BCUT2D eigenvalue weighted by molar-refractivity contribution is -0.0367. The summed E-state index contributed by atoms with van der Waals surface area (Å²) in [5.74, 6) is 0.863. The molecule has 1 aliphatic rings. The topological polar surface area (TPSA) is 90.1 Å². The Hall–Kier alpha value is -2.49. The molecule has 1 aromatic carbocycles. The average molecular weight is 513 g/mol. The van der Waals surface area contributed by atoms with Crippen molar-refractivity contribution in [2.24, 2.45) is 0 Å². The second-order valence-corrected chi connectivity index (χ2v) is 17.6. The molecule has 188 valence electrons. The van der Waals surface area contributed by atoms with Gasteiger partial charge in [-0.15, -0.1) is 0 Å². The molecule has 1 N–H and O–H groups in total. The zero-order valence-electron chi connectivity index (χ0n) is 21.5. The van der Waals surface area contributed by atoms with Gasteiger partial charge < -0.3 is 9.16 Å². The first-order valence-electron chi connectivity index (χ1n) is 12.1. The number of nitrogens with zero attached hydrogens (tertiary/aromatic N) is 3. The van der Waals surface area contributed by atoms with E-state index in [9.17, 15) is 4.21 Å². The van der Waals surface area contributed by atoms with Gasteiger partial charge in [0.2, 0.25) is 8.32 Å². The molecule has 35 heavy (non-hydrogen) atoms. The fourth-order valence-corrected chi connectivity index (χ4v) is 5.41. The maximum Gasteiger partial charge on any atom is 0.250 e. The van der Waals surface area contributed by atoms with Crippen LogP contribution >= 0.6 is 0 Å². The summed E-state index contributed by atoms with van der Waals surface area (Å²) in [5.41, 5.74) is 2.70. The standard InChI is InChI=1S/C26H36N4O3SSi/c1-26(2,3)35(5,6)33-20-12-14-23-21(17-20)22(29-30(23)25-9-7-8-16-32-25)13-10-19-11-15-24(28-18-19)34(4,27)31/h10-15,17-18,25,27H,7-9,16H2,1-6H3/b13-10+. The molecule has 3 aromatic rings. The fraction of sp³-hybridized carbons (Fsp3) is 0.462. The summed E-state index contributed by atoms with van der Waals surface area (Å²) >= 11 is 0. The Labute approximate surface area is 209 Å². The first-order chi connectivity index (χ1) is 16.3. The summed E-state index contributed by atoms with van der Waals surface area (Å²) in [6.07, 6.45) is 10.00. The second-order valence-electron chi connectivity index (χ2n) is 10.8. The minimum atomic E-state index is -2.83. The zero-order chi connectivity index (χ0) is 25.4. The summed E-state index contributed by atoms with van der Waals surface area (Å²) < 4.78 is 34.3. The first-order valence-corrected chi connectivity index (χ1v) is 16.9. The lowest BCUT2D eigenvalue weighted by Gasteiger charge is -2.36. The van der Waals surface area contributed by atoms with Crippen molar-refractivity contribution in [1.82, 2.24) is 14.8 Å². The van der Waals surface area contributed by atoms with E-state index < -0.39 is 18.0 Å². The molecule has 0 amide bonds. The van der Waals surface area contributed by atoms with E-state index in [2.05, 4.69) is 51.0 Å². The lowest BCUT2D eigenvalue weighted by Crippen LogP contribution is -2.43. The van der Waals surface area contributed by atoms with Crippen molar-refractivity contribution in [2.45, 2.75) is 69.4 Å². The van der Waals surface area contributed by atoms with E-state index in [0.717, 1.165) is 53.8 Å². The molecule has 1 aliphatic heterocycles. The van der Waals surface area contributed by atoms with Crippen molar-refractivity contribution >= 4 is 41.1 Å². The van der Waals surface area contributed by atoms with E-state index in [1.165, 1.54) is 6.26 Å². The summed E-state index contributed by atoms with van der Waals surface area (Å²) in [5, 5.41) is 6.33. The van der Waals surface area contributed by atoms with Crippen LogP contribution in [-0.4, -0.2) is 40.2 Å². The maximum atomic E-state index is 11.9. The van der Waals surface area contributed by atoms with Crippen molar-refractivity contribution in [3.05, 3.63) is 47.8 Å². The minimum Gasteiger partial charge on any atom is -0.543 e. The number of hydrogen-bond donors (Lipinski definition) is 1. The van der Waals surface area contributed by atoms with Crippen LogP contribution in [0.15, 0.2) is 41.6 Å². The van der Waals surface area contributed by atoms with Crippen LogP contribution in [-0.2, 0) is 14.5 Å². The average Bonchev–Trinajstić information content (AvgIpc) is 3.15. The van der Waals surface area contributed by atoms with Crippen LogP contribution in [0.25, 0.3) is 23.1 Å². The highest BCUT2D eigenvalue weighted by Crippen LogP contribution is 2.38. The van der Waals surface area contributed by atoms with E-state index in [1.807, 2.05) is 29.0 Å². The molecule has 0 saturated carbocycles. The van der Waals surface area contributed by atoms with Gasteiger partial charge in [0, 0.05) is 24.4 Å². The summed E-state index contributed by atoms with van der Waals surface area (Å²) in [7, 11) is -4.82. The Bertz CT molecular complexity index is 1330. The van der Waals surface area contributed by atoms with Crippen molar-refractivity contribution in [1.29, 1.82) is 4.78 Å². The van der Waals surface area contributed by atoms with Gasteiger partial charge in [-0.25, -0.2) is 18.7 Å². The number of ether oxygens (including phenoxy) is 1. The molecular weight excluding hydrogens is 476 g/mol. The SMILES string of the molecule is CC(C)(C)[Si](C)(C)Oc1ccc2c(c1)c(/C=C/c1ccc(S(C)(=N)=O)nc1)nn2C1CCCCO1. The van der Waals surface area contributed by atoms with Gasteiger partial charge in [-0.2, -0.15) is 5.10 Å². The van der Waals surface area contributed by atoms with Crippen LogP contribution in [0.2, 0.25) is 18.1 Å². The van der Waals surface area contributed by atoms with Gasteiger partial charge in [-0.05, 0) is 73.3 Å². The molecule has 1 saturated heterocycles. The van der Waals surface area contributed by atoms with Gasteiger partial charge in [-0.1, -0.05) is 32.9 Å². The Morgan fingerprint density at radius 1 is 1.20 bits per heavy atom. The van der Waals surface area contributed by atoms with E-state index >= 15 is 0 Å². The molecule has 1 fully saturated rings. The number of fused-ring (bicyclic) bond motifs is 1. The summed E-state index contributed by atoms with van der Waals surface area (Å²) in [6, 6.07) is 9.69. The Morgan fingerprint density at radius 3 is 2.57 bits per heavy atom. The highest BCUT2D eigenvalue weighted by atomic mass is 32.2. The zero-order valence-corrected chi connectivity index (χ0v) is 23.3. The van der Waals surface area contributed by atoms with Crippen LogP contribution in [0, 0.1) is 4.78 Å². The van der Waals surface area contributed by atoms with E-state index in [0.29, 0.717) is 0 Å². The van der Waals surface area contributed by atoms with Gasteiger partial charge in [-0.3, -0.25) is 0 Å². The van der Waals surface area contributed by atoms with Crippen LogP contribution in [0.3, 0.4) is 0 Å². The Kier molecular flexibility index (Phi) is 6.96. The monoisotopic (exact) mass is 512 g/mol. The molecule has 2 aromatic heterocycles. The molecule has 3 heterocycles. The Balaban J connectivity index is 1.73. The van der Waals surface area contributed by atoms with Crippen LogP contribution in [0.5, 0.6) is 5.75 Å². The molecule has 0 radical (unpaired) electrons. The number of nitrogens with one attached hydrogen (secondary N) is 1. The lowest BCUT2D eigenvalue weighted by atomic mass is 10.1. The molecule has 4 rings (SSSR count). The van der Waals surface area contributed by atoms with Crippen molar-refractivity contribution in [3.8, 4) is 5.75 Å². The summed E-state index contributed by atoms with van der Waals surface area (Å²) in [4.78, 5) is 4.21. The molecular formula is C26H36N4O3SSi. The highest BCUT2D eigenvalue weighted by Gasteiger charge is 2.39. The second kappa shape index (κ2) is 9.52. The van der Waals surface area contributed by atoms with Gasteiger partial charge in [0.1, 0.15) is 10.8 Å². The van der Waals surface area contributed by atoms with Gasteiger partial charge in [0.25, 0.3) is 0 Å². The summed E-state index contributed by atoms with van der Waals surface area (Å²) in [6.45, 7) is 12.0. The predicted octanol–water partition coefficient (Wildman–Crippen LogP) is 6.72. The molecule has 0 spiro atoms. The quantitative estimate of drug-likeness (QED) is 0.370. The van der Waals surface area contributed by atoms with Gasteiger partial charge in [0.05, 0.1) is 20.9 Å². The number of aromatic nitrogens is 3. The number of pyridine rings is 1. The maximum absolute atomic E-state index is 11.9. The van der Waals surface area contributed by atoms with Crippen LogP contribution in [0.4, 0.5) is 0 Å². The Morgan fingerprint density at radius 2 is 1.97 bits per heavy atom. The minimum absolute atomic E-state index is 0.0729. The third kappa shape index (κ3) is 5.68. The largest absolute Gasteiger partial charge is 0.543 e. The van der Waals surface area contributed by atoms with Crippen molar-refractivity contribution in [3.63, 3.8) is 0 Å². The van der Waals surface area contributed by atoms with E-state index in [-0.39, 0.29) is 16.3 Å². The number of hydrogen-bond acceptors (Lipinski definition) is 6. The molecule has 2 atom stereocenters. The fourth-order valence-electron chi connectivity index (χ4n) is 3.81. The van der Waals surface area contributed by atoms with Crippen molar-refractivity contribution < 1.29 is 13.4 Å². The molecule has 2 unspecified atom stereocenters. The van der Waals surface area contributed by atoms with E-state index in [1.54, 1.807) is 12.3 Å². The predicted molar refractivity (Wildman–Crippen MR) is 145 cm³/mol. The molecule has 9 heteroatoms. The highest BCUT2D eigenvalue weighted by molar-refractivity contribution is 7.91.